The molecule has 206 valence electrons. The number of carbonyl (C=O) groups is 3. The summed E-state index contributed by atoms with van der Waals surface area (Å²) in [6.07, 6.45) is 7.93. The van der Waals surface area contributed by atoms with Gasteiger partial charge in [0.15, 0.2) is 5.69 Å². The molecule has 1 aliphatic rings. The molecule has 2 amide bonds. The van der Waals surface area contributed by atoms with Crippen molar-refractivity contribution in [1.29, 1.82) is 0 Å². The average Bonchev–Trinajstić information content (AvgIpc) is 3.56. The molecule has 2 aromatic heterocycles. The van der Waals surface area contributed by atoms with Crippen molar-refractivity contribution in [3.05, 3.63) is 83.6 Å². The Labute approximate surface area is 226 Å². The average molecular weight is 536 g/mol. The van der Waals surface area contributed by atoms with Gasteiger partial charge in [-0.2, -0.15) is 0 Å². The lowest BCUT2D eigenvalue weighted by Crippen LogP contribution is -2.49. The molecule has 0 aliphatic carbocycles. The van der Waals surface area contributed by atoms with E-state index in [4.69, 9.17) is 13.9 Å². The molecule has 2 N–H and O–H groups in total. The summed E-state index contributed by atoms with van der Waals surface area (Å²) < 4.78 is 18.1. The van der Waals surface area contributed by atoms with Crippen LogP contribution in [0.4, 0.5) is 4.79 Å². The zero-order valence-electron chi connectivity index (χ0n) is 22.3. The third-order valence-electron chi connectivity index (χ3n) is 6.27. The van der Waals surface area contributed by atoms with Crippen LogP contribution in [-0.4, -0.2) is 45.7 Å². The van der Waals surface area contributed by atoms with Crippen molar-refractivity contribution in [2.45, 2.75) is 58.3 Å². The molecule has 0 saturated carbocycles. The minimum atomic E-state index is -0.990. The predicted molar refractivity (Wildman–Crippen MR) is 141 cm³/mol. The number of aryl methyl sites for hydroxylation is 1. The smallest absolute Gasteiger partial charge is 0.408 e. The highest BCUT2D eigenvalue weighted by Gasteiger charge is 2.31. The lowest BCUT2D eigenvalue weighted by atomic mass is 10.0. The molecule has 0 radical (unpaired) electrons. The van der Waals surface area contributed by atoms with Gasteiger partial charge in [0.05, 0.1) is 19.1 Å². The summed E-state index contributed by atoms with van der Waals surface area (Å²) in [6.45, 7) is 4.42. The molecule has 4 bridgehead atoms. The molecule has 11 heteroatoms. The Bertz CT molecular complexity index is 1310. The van der Waals surface area contributed by atoms with Crippen LogP contribution < -0.4 is 10.6 Å². The molecule has 1 aromatic carbocycles. The van der Waals surface area contributed by atoms with Gasteiger partial charge in [-0.15, -0.1) is 0 Å². The molecule has 0 spiro atoms. The van der Waals surface area contributed by atoms with E-state index in [1.165, 1.54) is 7.11 Å². The number of esters is 1. The maximum atomic E-state index is 13.6. The fourth-order valence-electron chi connectivity index (χ4n) is 4.16. The number of oxazole rings is 1. The summed E-state index contributed by atoms with van der Waals surface area (Å²) in [5.41, 5.74) is 1.54. The molecule has 3 heterocycles. The Morgan fingerprint density at radius 3 is 2.77 bits per heavy atom. The molecule has 11 nitrogen and oxygen atoms in total. The van der Waals surface area contributed by atoms with E-state index in [2.05, 4.69) is 20.6 Å². The number of hydrogen-bond acceptors (Lipinski definition) is 8. The molecule has 0 saturated heterocycles. The van der Waals surface area contributed by atoms with Gasteiger partial charge >= 0.3 is 12.1 Å². The van der Waals surface area contributed by atoms with Crippen molar-refractivity contribution in [3.63, 3.8) is 0 Å². The summed E-state index contributed by atoms with van der Waals surface area (Å²) in [4.78, 5) is 47.4. The molecule has 0 fully saturated rings. The van der Waals surface area contributed by atoms with Gasteiger partial charge in [0.2, 0.25) is 11.8 Å². The second-order valence-electron chi connectivity index (χ2n) is 9.58. The Balaban J connectivity index is 1.60. The molecular formula is C28H33N5O6. The summed E-state index contributed by atoms with van der Waals surface area (Å²) in [6, 6.07) is 7.60. The van der Waals surface area contributed by atoms with Gasteiger partial charge in [-0.05, 0) is 17.9 Å². The number of aromatic nitrogens is 3. The number of allylic oxidation sites excluding steroid dienone is 2. The Kier molecular flexibility index (Phi) is 9.14. The van der Waals surface area contributed by atoms with Gasteiger partial charge in [-0.25, -0.2) is 19.6 Å². The number of nitrogens with zero attached hydrogens (tertiary/aromatic N) is 3. The van der Waals surface area contributed by atoms with Gasteiger partial charge in [0, 0.05) is 25.6 Å². The maximum Gasteiger partial charge on any atom is 0.408 e. The number of hydrogen-bond donors (Lipinski definition) is 2. The van der Waals surface area contributed by atoms with Gasteiger partial charge in [0.1, 0.15) is 24.5 Å². The van der Waals surface area contributed by atoms with Crippen molar-refractivity contribution in [3.8, 4) is 0 Å². The van der Waals surface area contributed by atoms with Crippen molar-refractivity contribution in [2.75, 3.05) is 7.11 Å². The fraction of sp³-hybridized carbons (Fsp3) is 0.393. The van der Waals surface area contributed by atoms with Crippen molar-refractivity contribution in [2.24, 2.45) is 5.92 Å². The summed E-state index contributed by atoms with van der Waals surface area (Å²) in [5, 5.41) is 5.62. The number of imidazole rings is 1. The van der Waals surface area contributed by atoms with Crippen LogP contribution in [0.25, 0.3) is 0 Å². The van der Waals surface area contributed by atoms with E-state index in [-0.39, 0.29) is 30.5 Å². The first-order valence-electron chi connectivity index (χ1n) is 12.8. The highest BCUT2D eigenvalue weighted by molar-refractivity contribution is 5.88. The minimum Gasteiger partial charge on any atom is -0.464 e. The molecule has 39 heavy (non-hydrogen) atoms. The van der Waals surface area contributed by atoms with Gasteiger partial charge < -0.3 is 29.1 Å². The first-order valence-corrected chi connectivity index (χ1v) is 12.8. The van der Waals surface area contributed by atoms with Gasteiger partial charge in [-0.1, -0.05) is 56.3 Å². The molecule has 1 aliphatic heterocycles. The molecule has 3 aromatic rings. The highest BCUT2D eigenvalue weighted by Crippen LogP contribution is 2.25. The van der Waals surface area contributed by atoms with E-state index >= 15 is 0 Å². The van der Waals surface area contributed by atoms with Crippen molar-refractivity contribution >= 4 is 18.0 Å². The molecule has 4 rings (SSSR count). The molecule has 1 unspecified atom stereocenters. The van der Waals surface area contributed by atoms with Crippen molar-refractivity contribution < 1.29 is 28.3 Å². The lowest BCUT2D eigenvalue weighted by molar-refractivity contribution is -0.124. The SMILES string of the molecule is COC(=O)c1nc2oc1CCC=CCn1cnc(c1)C[C@H](NC(=O)OCc1ccccc1)C(=O)NC2C(C)C. The Morgan fingerprint density at radius 2 is 2.03 bits per heavy atom. The van der Waals surface area contributed by atoms with E-state index < -0.39 is 30.1 Å². The number of amides is 2. The number of alkyl carbamates (subject to hydrolysis) is 1. The van der Waals surface area contributed by atoms with Crippen molar-refractivity contribution in [1.82, 2.24) is 25.2 Å². The summed E-state index contributed by atoms with van der Waals surface area (Å²) in [5.74, 6) is -0.639. The third-order valence-corrected chi connectivity index (χ3v) is 6.27. The lowest BCUT2D eigenvalue weighted by Gasteiger charge is -2.23. The monoisotopic (exact) mass is 535 g/mol. The predicted octanol–water partition coefficient (Wildman–Crippen LogP) is 3.51. The van der Waals surface area contributed by atoms with Gasteiger partial charge in [-0.3, -0.25) is 4.79 Å². The van der Waals surface area contributed by atoms with Crippen LogP contribution in [0.1, 0.15) is 59.7 Å². The van der Waals surface area contributed by atoms with Crippen LogP contribution in [0.15, 0.2) is 59.4 Å². The number of fused-ring (bicyclic) bond motifs is 4. The number of methoxy groups -OCH3 is 1. The number of rotatable bonds is 5. The topological polar surface area (TPSA) is 138 Å². The van der Waals surface area contributed by atoms with Crippen LogP contribution in [0.5, 0.6) is 0 Å². The number of benzene rings is 1. The summed E-state index contributed by atoms with van der Waals surface area (Å²) in [7, 11) is 1.28. The normalized spacial score (nSPS) is 17.9. The minimum absolute atomic E-state index is 0.0615. The van der Waals surface area contributed by atoms with E-state index in [1.54, 1.807) is 6.33 Å². The first-order chi connectivity index (χ1) is 18.8. The van der Waals surface area contributed by atoms with E-state index in [1.807, 2.05) is 67.1 Å². The quantitative estimate of drug-likeness (QED) is 0.374. The third kappa shape index (κ3) is 7.34. The number of ether oxygens (including phenoxy) is 2. The van der Waals surface area contributed by atoms with Crippen LogP contribution in [0.2, 0.25) is 0 Å². The van der Waals surface area contributed by atoms with Crippen LogP contribution >= 0.6 is 0 Å². The van der Waals surface area contributed by atoms with Gasteiger partial charge in [0.25, 0.3) is 0 Å². The second-order valence-corrected chi connectivity index (χ2v) is 9.58. The number of nitrogens with one attached hydrogen (secondary N) is 2. The van der Waals surface area contributed by atoms with E-state index in [0.717, 1.165) is 5.56 Å². The van der Waals surface area contributed by atoms with Crippen LogP contribution in [-0.2, 0) is 40.3 Å². The Hall–Kier alpha value is -4.41. The molecule has 2 atom stereocenters. The summed E-state index contributed by atoms with van der Waals surface area (Å²) >= 11 is 0. The zero-order chi connectivity index (χ0) is 27.8. The van der Waals surface area contributed by atoms with E-state index in [0.29, 0.717) is 30.8 Å². The first kappa shape index (κ1) is 27.6. The van der Waals surface area contributed by atoms with E-state index in [9.17, 15) is 14.4 Å². The molecular weight excluding hydrogens is 502 g/mol. The maximum absolute atomic E-state index is 13.6. The largest absolute Gasteiger partial charge is 0.464 e. The zero-order valence-corrected chi connectivity index (χ0v) is 22.3. The Morgan fingerprint density at radius 1 is 1.23 bits per heavy atom. The van der Waals surface area contributed by atoms with Crippen LogP contribution in [0, 0.1) is 5.92 Å². The standard InChI is InChI=1S/C28H33N5O6/c1-18(2)23-26-32-24(27(35)37-3)22(39-26)12-8-5-9-13-33-15-20(29-17-33)14-21(25(34)31-23)30-28(36)38-16-19-10-6-4-7-11-19/h4-7,9-11,15,17-18,21,23H,8,12-14,16H2,1-3H3,(H,30,36)(H,31,34)/t21-,23?/m0/s1. The second kappa shape index (κ2) is 12.9. The van der Waals surface area contributed by atoms with Crippen LogP contribution in [0.3, 0.4) is 0 Å². The highest BCUT2D eigenvalue weighted by atomic mass is 16.5. The number of carbonyl (C=O) groups excluding carboxylic acids is 3. The fourth-order valence-corrected chi connectivity index (χ4v) is 4.16.